The zero-order valence-corrected chi connectivity index (χ0v) is 23.9. The van der Waals surface area contributed by atoms with Gasteiger partial charge in [-0.2, -0.15) is 0 Å². The van der Waals surface area contributed by atoms with Crippen LogP contribution in [0.3, 0.4) is 0 Å². The van der Waals surface area contributed by atoms with Crippen molar-refractivity contribution in [3.63, 3.8) is 0 Å². The van der Waals surface area contributed by atoms with Gasteiger partial charge in [-0.05, 0) is 76.6 Å². The maximum Gasteiger partial charge on any atom is 0.264 e. The zero-order valence-electron chi connectivity index (χ0n) is 23.1. The molecule has 0 aliphatic carbocycles. The molecule has 3 aromatic rings. The van der Waals surface area contributed by atoms with E-state index in [1.807, 2.05) is 52.0 Å². The van der Waals surface area contributed by atoms with Gasteiger partial charge in [0.25, 0.3) is 10.0 Å². The van der Waals surface area contributed by atoms with Crippen LogP contribution in [-0.2, 0) is 26.2 Å². The Morgan fingerprint density at radius 2 is 1.51 bits per heavy atom. The number of amides is 2. The molecule has 0 fully saturated rings. The molecule has 8 nitrogen and oxygen atoms in total. The largest absolute Gasteiger partial charge is 0.494 e. The molecule has 0 spiro atoms. The van der Waals surface area contributed by atoms with E-state index in [2.05, 4.69) is 5.32 Å². The standard InChI is InChI=1S/C30H37N3O5S/c1-6-38-27-16-18-28(19-17-27)39(36,37)33(26-10-8-7-9-11-26)21-29(34)32(24(5)30(35)31-22(2)3)20-25-14-12-23(4)13-15-25/h7-19,22,24H,6,20-21H2,1-5H3,(H,31,35). The molecular weight excluding hydrogens is 514 g/mol. The molecule has 208 valence electrons. The van der Waals surface area contributed by atoms with Crippen LogP contribution in [-0.4, -0.2) is 50.4 Å². The number of rotatable bonds is 12. The van der Waals surface area contributed by atoms with Gasteiger partial charge in [0.2, 0.25) is 11.8 Å². The van der Waals surface area contributed by atoms with Crippen LogP contribution >= 0.6 is 0 Å². The summed E-state index contributed by atoms with van der Waals surface area (Å²) in [6.07, 6.45) is 0. The maximum atomic E-state index is 13.9. The number of sulfonamides is 1. The molecule has 0 aliphatic heterocycles. The van der Waals surface area contributed by atoms with Gasteiger partial charge in [0.15, 0.2) is 0 Å². The van der Waals surface area contributed by atoms with Crippen LogP contribution in [0.5, 0.6) is 5.75 Å². The number of benzene rings is 3. The second-order valence-electron chi connectivity index (χ2n) is 9.60. The highest BCUT2D eigenvalue weighted by molar-refractivity contribution is 7.92. The maximum absolute atomic E-state index is 13.9. The Balaban J connectivity index is 1.99. The molecule has 3 rings (SSSR count). The predicted octanol–water partition coefficient (Wildman–Crippen LogP) is 4.53. The van der Waals surface area contributed by atoms with Crippen molar-refractivity contribution in [3.05, 3.63) is 90.0 Å². The Kier molecular flexibility index (Phi) is 10.1. The van der Waals surface area contributed by atoms with Crippen LogP contribution in [0.1, 0.15) is 38.8 Å². The van der Waals surface area contributed by atoms with Crippen molar-refractivity contribution in [2.75, 3.05) is 17.5 Å². The number of anilines is 1. The monoisotopic (exact) mass is 551 g/mol. The molecule has 2 amide bonds. The Morgan fingerprint density at radius 1 is 0.897 bits per heavy atom. The van der Waals surface area contributed by atoms with E-state index >= 15 is 0 Å². The van der Waals surface area contributed by atoms with Crippen molar-refractivity contribution in [3.8, 4) is 5.75 Å². The van der Waals surface area contributed by atoms with E-state index in [1.54, 1.807) is 49.4 Å². The van der Waals surface area contributed by atoms with Crippen molar-refractivity contribution in [2.24, 2.45) is 0 Å². The SMILES string of the molecule is CCOc1ccc(S(=O)(=O)N(CC(=O)N(Cc2ccc(C)cc2)C(C)C(=O)NC(C)C)c2ccccc2)cc1. The van der Waals surface area contributed by atoms with Gasteiger partial charge in [0, 0.05) is 12.6 Å². The van der Waals surface area contributed by atoms with E-state index in [0.29, 0.717) is 18.0 Å². The minimum absolute atomic E-state index is 0.0262. The second kappa shape index (κ2) is 13.3. The van der Waals surface area contributed by atoms with Gasteiger partial charge in [-0.15, -0.1) is 0 Å². The number of nitrogens with one attached hydrogen (secondary N) is 1. The fourth-order valence-corrected chi connectivity index (χ4v) is 5.42. The van der Waals surface area contributed by atoms with E-state index in [-0.39, 0.29) is 23.4 Å². The van der Waals surface area contributed by atoms with Gasteiger partial charge in [0.05, 0.1) is 17.2 Å². The number of hydrogen-bond donors (Lipinski definition) is 1. The molecular formula is C30H37N3O5S. The summed E-state index contributed by atoms with van der Waals surface area (Å²) >= 11 is 0. The number of carbonyl (C=O) groups is 2. The third-order valence-electron chi connectivity index (χ3n) is 6.12. The molecule has 0 saturated carbocycles. The molecule has 3 aromatic carbocycles. The van der Waals surface area contributed by atoms with E-state index in [9.17, 15) is 18.0 Å². The van der Waals surface area contributed by atoms with Crippen molar-refractivity contribution in [1.82, 2.24) is 10.2 Å². The lowest BCUT2D eigenvalue weighted by molar-refractivity contribution is -0.139. The Labute approximate surface area is 231 Å². The number of hydrogen-bond acceptors (Lipinski definition) is 5. The molecule has 39 heavy (non-hydrogen) atoms. The van der Waals surface area contributed by atoms with Crippen LogP contribution in [0.4, 0.5) is 5.69 Å². The number of carbonyl (C=O) groups excluding carboxylic acids is 2. The van der Waals surface area contributed by atoms with E-state index < -0.39 is 28.5 Å². The lowest BCUT2D eigenvalue weighted by Gasteiger charge is -2.32. The van der Waals surface area contributed by atoms with E-state index in [4.69, 9.17) is 4.74 Å². The van der Waals surface area contributed by atoms with Crippen molar-refractivity contribution >= 4 is 27.5 Å². The topological polar surface area (TPSA) is 96.0 Å². The summed E-state index contributed by atoms with van der Waals surface area (Å²) in [6, 6.07) is 21.3. The highest BCUT2D eigenvalue weighted by Crippen LogP contribution is 2.26. The molecule has 0 bridgehead atoms. The summed E-state index contributed by atoms with van der Waals surface area (Å²) in [5.41, 5.74) is 2.24. The normalized spacial score (nSPS) is 12.1. The zero-order chi connectivity index (χ0) is 28.6. The molecule has 0 saturated heterocycles. The van der Waals surface area contributed by atoms with E-state index in [1.165, 1.54) is 17.0 Å². The van der Waals surface area contributed by atoms with Gasteiger partial charge in [0.1, 0.15) is 18.3 Å². The highest BCUT2D eigenvalue weighted by atomic mass is 32.2. The number of para-hydroxylation sites is 1. The van der Waals surface area contributed by atoms with Gasteiger partial charge in [-0.25, -0.2) is 8.42 Å². The molecule has 9 heteroatoms. The van der Waals surface area contributed by atoms with E-state index in [0.717, 1.165) is 15.4 Å². The fourth-order valence-electron chi connectivity index (χ4n) is 4.00. The smallest absolute Gasteiger partial charge is 0.264 e. The first-order valence-electron chi connectivity index (χ1n) is 13.0. The van der Waals surface area contributed by atoms with Gasteiger partial charge in [-0.1, -0.05) is 48.0 Å². The van der Waals surface area contributed by atoms with Crippen LogP contribution in [0.25, 0.3) is 0 Å². The average Bonchev–Trinajstić information content (AvgIpc) is 2.91. The minimum atomic E-state index is -4.13. The van der Waals surface area contributed by atoms with Gasteiger partial charge >= 0.3 is 0 Å². The van der Waals surface area contributed by atoms with Crippen LogP contribution in [0.2, 0.25) is 0 Å². The van der Waals surface area contributed by atoms with Crippen molar-refractivity contribution < 1.29 is 22.7 Å². The molecule has 1 atom stereocenters. The minimum Gasteiger partial charge on any atom is -0.494 e. The molecule has 0 radical (unpaired) electrons. The summed E-state index contributed by atoms with van der Waals surface area (Å²) in [4.78, 5) is 28.3. The summed E-state index contributed by atoms with van der Waals surface area (Å²) in [6.45, 7) is 9.28. The van der Waals surface area contributed by atoms with Gasteiger partial charge in [-0.3, -0.25) is 13.9 Å². The third kappa shape index (κ3) is 7.83. The quantitative estimate of drug-likeness (QED) is 0.357. The first kappa shape index (κ1) is 29.7. The fraction of sp³-hybridized carbons (Fsp3) is 0.333. The summed E-state index contributed by atoms with van der Waals surface area (Å²) < 4.78 is 34.2. The number of nitrogens with zero attached hydrogens (tertiary/aromatic N) is 2. The van der Waals surface area contributed by atoms with Crippen LogP contribution in [0.15, 0.2) is 83.8 Å². The third-order valence-corrected chi connectivity index (χ3v) is 7.91. The van der Waals surface area contributed by atoms with Gasteiger partial charge < -0.3 is 15.0 Å². The van der Waals surface area contributed by atoms with Crippen LogP contribution in [0, 0.1) is 6.92 Å². The first-order valence-corrected chi connectivity index (χ1v) is 14.4. The molecule has 0 aliphatic rings. The average molecular weight is 552 g/mol. The Hall–Kier alpha value is -3.85. The molecule has 0 heterocycles. The number of aryl methyl sites for hydroxylation is 1. The van der Waals surface area contributed by atoms with Crippen molar-refractivity contribution in [1.29, 1.82) is 0 Å². The number of ether oxygens (including phenoxy) is 1. The van der Waals surface area contributed by atoms with Crippen molar-refractivity contribution in [2.45, 2.75) is 58.1 Å². The molecule has 1 unspecified atom stereocenters. The lowest BCUT2D eigenvalue weighted by Crippen LogP contribution is -2.52. The summed E-state index contributed by atoms with van der Waals surface area (Å²) in [7, 11) is -4.13. The first-order chi connectivity index (χ1) is 18.5. The second-order valence-corrected chi connectivity index (χ2v) is 11.5. The summed E-state index contributed by atoms with van der Waals surface area (Å²) in [5, 5.41) is 2.85. The lowest BCUT2D eigenvalue weighted by atomic mass is 10.1. The Morgan fingerprint density at radius 3 is 2.08 bits per heavy atom. The summed E-state index contributed by atoms with van der Waals surface area (Å²) in [5.74, 6) is -0.264. The van der Waals surface area contributed by atoms with Crippen LogP contribution < -0.4 is 14.4 Å². The predicted molar refractivity (Wildman–Crippen MR) is 153 cm³/mol. The Bertz CT molecular complexity index is 1340. The highest BCUT2D eigenvalue weighted by Gasteiger charge is 2.32. The molecule has 0 aromatic heterocycles. The molecule has 1 N–H and O–H groups in total.